The summed E-state index contributed by atoms with van der Waals surface area (Å²) in [4.78, 5) is 49.4. The summed E-state index contributed by atoms with van der Waals surface area (Å²) in [5, 5.41) is 2.71. The average molecular weight is 346 g/mol. The number of hydrogen-bond acceptors (Lipinski definition) is 5. The fraction of sp³-hybridized carbons (Fsp3) is 0.444. The quantitative estimate of drug-likeness (QED) is 0.620. The topological polar surface area (TPSA) is 92.8 Å². The van der Waals surface area contributed by atoms with Crippen LogP contribution in [0.15, 0.2) is 24.3 Å². The van der Waals surface area contributed by atoms with Gasteiger partial charge in [0.2, 0.25) is 0 Å². The van der Waals surface area contributed by atoms with E-state index in [2.05, 4.69) is 5.32 Å². The number of nitrogens with one attached hydrogen (secondary N) is 1. The first-order valence-electron chi connectivity index (χ1n) is 8.17. The molecule has 0 unspecified atom stereocenters. The molecule has 0 aliphatic carbocycles. The van der Waals surface area contributed by atoms with Gasteiger partial charge in [0.15, 0.2) is 6.61 Å². The summed E-state index contributed by atoms with van der Waals surface area (Å²) < 4.78 is 4.96. The summed E-state index contributed by atoms with van der Waals surface area (Å²) in [5.74, 6) is -2.06. The van der Waals surface area contributed by atoms with Crippen LogP contribution in [-0.2, 0) is 14.3 Å². The van der Waals surface area contributed by atoms with E-state index in [0.29, 0.717) is 0 Å². The molecule has 0 saturated carbocycles. The third-order valence-corrected chi connectivity index (χ3v) is 4.29. The second-order valence-corrected chi connectivity index (χ2v) is 6.41. The molecule has 1 aromatic carbocycles. The molecule has 0 bridgehead atoms. The van der Waals surface area contributed by atoms with Gasteiger partial charge >= 0.3 is 5.97 Å². The van der Waals surface area contributed by atoms with Gasteiger partial charge in [-0.3, -0.25) is 19.3 Å². The van der Waals surface area contributed by atoms with Crippen LogP contribution in [0.25, 0.3) is 0 Å². The third-order valence-electron chi connectivity index (χ3n) is 4.29. The van der Waals surface area contributed by atoms with Crippen LogP contribution in [0, 0.1) is 5.92 Å². The Kier molecular flexibility index (Phi) is 5.56. The molecule has 1 heterocycles. The molecule has 2 atom stereocenters. The summed E-state index contributed by atoms with van der Waals surface area (Å²) in [6, 6.07) is 5.21. The second kappa shape index (κ2) is 7.46. The first kappa shape index (κ1) is 18.6. The van der Waals surface area contributed by atoms with Crippen LogP contribution in [0.2, 0.25) is 0 Å². The number of imide groups is 1. The van der Waals surface area contributed by atoms with Crippen LogP contribution in [0.1, 0.15) is 48.4 Å². The SMILES string of the molecule is CC(C)[C@H](C)NC(=O)COC(=O)[C@H](C)N1C(=O)c2ccccc2C1=O. The largest absolute Gasteiger partial charge is 0.454 e. The number of hydrogen-bond donors (Lipinski definition) is 1. The van der Waals surface area contributed by atoms with Gasteiger partial charge in [0.1, 0.15) is 6.04 Å². The van der Waals surface area contributed by atoms with Gasteiger partial charge in [0.25, 0.3) is 17.7 Å². The Balaban J connectivity index is 1.96. The lowest BCUT2D eigenvalue weighted by atomic mass is 10.1. The second-order valence-electron chi connectivity index (χ2n) is 6.41. The van der Waals surface area contributed by atoms with Crippen molar-refractivity contribution in [1.29, 1.82) is 0 Å². The molecule has 1 N–H and O–H groups in total. The van der Waals surface area contributed by atoms with E-state index < -0.39 is 36.3 Å². The fourth-order valence-electron chi connectivity index (χ4n) is 2.38. The van der Waals surface area contributed by atoms with Gasteiger partial charge in [0.05, 0.1) is 11.1 Å². The molecule has 25 heavy (non-hydrogen) atoms. The van der Waals surface area contributed by atoms with E-state index in [-0.39, 0.29) is 23.1 Å². The summed E-state index contributed by atoms with van der Waals surface area (Å²) >= 11 is 0. The summed E-state index contributed by atoms with van der Waals surface area (Å²) in [6.45, 7) is 6.72. The highest BCUT2D eigenvalue weighted by atomic mass is 16.5. The summed E-state index contributed by atoms with van der Waals surface area (Å²) in [6.07, 6.45) is 0. The van der Waals surface area contributed by atoms with Crippen LogP contribution < -0.4 is 5.32 Å². The van der Waals surface area contributed by atoms with E-state index in [1.54, 1.807) is 12.1 Å². The molecule has 7 nitrogen and oxygen atoms in total. The minimum Gasteiger partial charge on any atom is -0.454 e. The smallest absolute Gasteiger partial charge is 0.329 e. The molecule has 0 saturated heterocycles. The maximum Gasteiger partial charge on any atom is 0.329 e. The van der Waals surface area contributed by atoms with E-state index in [9.17, 15) is 19.2 Å². The first-order chi connectivity index (χ1) is 11.7. The monoisotopic (exact) mass is 346 g/mol. The van der Waals surface area contributed by atoms with Gasteiger partial charge in [-0.05, 0) is 31.9 Å². The number of fused-ring (bicyclic) bond motifs is 1. The van der Waals surface area contributed by atoms with Crippen LogP contribution in [-0.4, -0.2) is 47.3 Å². The van der Waals surface area contributed by atoms with Gasteiger partial charge in [-0.1, -0.05) is 26.0 Å². The highest BCUT2D eigenvalue weighted by Crippen LogP contribution is 2.24. The lowest BCUT2D eigenvalue weighted by molar-refractivity contribution is -0.152. The Morgan fingerprint density at radius 2 is 1.56 bits per heavy atom. The van der Waals surface area contributed by atoms with E-state index in [0.717, 1.165) is 4.90 Å². The number of rotatable bonds is 6. The van der Waals surface area contributed by atoms with E-state index in [4.69, 9.17) is 4.74 Å². The van der Waals surface area contributed by atoms with Gasteiger partial charge in [-0.25, -0.2) is 4.79 Å². The predicted molar refractivity (Wildman–Crippen MR) is 89.8 cm³/mol. The molecule has 0 aromatic heterocycles. The molecule has 7 heteroatoms. The van der Waals surface area contributed by atoms with Gasteiger partial charge < -0.3 is 10.1 Å². The zero-order valence-corrected chi connectivity index (χ0v) is 14.7. The van der Waals surface area contributed by atoms with Crippen LogP contribution in [0.3, 0.4) is 0 Å². The molecular weight excluding hydrogens is 324 g/mol. The Morgan fingerprint density at radius 1 is 1.04 bits per heavy atom. The Bertz CT molecular complexity index is 678. The van der Waals surface area contributed by atoms with Gasteiger partial charge in [0, 0.05) is 6.04 Å². The molecule has 1 aliphatic heterocycles. The molecular formula is C18H22N2O5. The van der Waals surface area contributed by atoms with Gasteiger partial charge in [-0.15, -0.1) is 0 Å². The molecule has 1 aliphatic rings. The predicted octanol–water partition coefficient (Wildman–Crippen LogP) is 1.37. The molecule has 2 rings (SSSR count). The molecule has 0 fully saturated rings. The highest BCUT2D eigenvalue weighted by Gasteiger charge is 2.41. The molecule has 134 valence electrons. The number of nitrogens with zero attached hydrogens (tertiary/aromatic N) is 1. The fourth-order valence-corrected chi connectivity index (χ4v) is 2.38. The number of carbonyl (C=O) groups excluding carboxylic acids is 4. The highest BCUT2D eigenvalue weighted by molar-refractivity contribution is 6.22. The Morgan fingerprint density at radius 3 is 2.04 bits per heavy atom. The van der Waals surface area contributed by atoms with Crippen molar-refractivity contribution in [3.63, 3.8) is 0 Å². The van der Waals surface area contributed by atoms with Crippen molar-refractivity contribution in [2.45, 2.75) is 39.8 Å². The normalized spacial score (nSPS) is 15.8. The standard InChI is InChI=1S/C18H22N2O5/c1-10(2)11(3)19-15(21)9-25-18(24)12(4)20-16(22)13-7-5-6-8-14(13)17(20)23/h5-8,10-12H,9H2,1-4H3,(H,19,21)/t11-,12-/m0/s1. The van der Waals surface area contributed by atoms with Crippen molar-refractivity contribution < 1.29 is 23.9 Å². The molecule has 0 radical (unpaired) electrons. The minimum atomic E-state index is -1.11. The van der Waals surface area contributed by atoms with Gasteiger partial charge in [-0.2, -0.15) is 0 Å². The van der Waals surface area contributed by atoms with E-state index in [1.807, 2.05) is 20.8 Å². The zero-order valence-electron chi connectivity index (χ0n) is 14.7. The van der Waals surface area contributed by atoms with Crippen molar-refractivity contribution in [2.75, 3.05) is 6.61 Å². The lowest BCUT2D eigenvalue weighted by Crippen LogP contribution is -2.45. The number of esters is 1. The maximum atomic E-state index is 12.3. The number of amides is 3. The Hall–Kier alpha value is -2.70. The van der Waals surface area contributed by atoms with Crippen LogP contribution in [0.4, 0.5) is 0 Å². The number of ether oxygens (including phenoxy) is 1. The van der Waals surface area contributed by atoms with Crippen LogP contribution in [0.5, 0.6) is 0 Å². The van der Waals surface area contributed by atoms with Crippen molar-refractivity contribution >= 4 is 23.7 Å². The minimum absolute atomic E-state index is 0.0557. The third kappa shape index (κ3) is 3.87. The molecule has 3 amide bonds. The molecule has 0 spiro atoms. The lowest BCUT2D eigenvalue weighted by Gasteiger charge is -2.21. The average Bonchev–Trinajstić information content (AvgIpc) is 2.83. The zero-order chi connectivity index (χ0) is 18.7. The number of benzene rings is 1. The summed E-state index contributed by atoms with van der Waals surface area (Å²) in [5.41, 5.74) is 0.520. The van der Waals surface area contributed by atoms with Crippen molar-refractivity contribution in [3.05, 3.63) is 35.4 Å². The van der Waals surface area contributed by atoms with E-state index >= 15 is 0 Å². The van der Waals surface area contributed by atoms with E-state index in [1.165, 1.54) is 19.1 Å². The number of carbonyl (C=O) groups is 4. The van der Waals surface area contributed by atoms with Crippen molar-refractivity contribution in [1.82, 2.24) is 10.2 Å². The maximum absolute atomic E-state index is 12.3. The van der Waals surface area contributed by atoms with Crippen molar-refractivity contribution in [2.24, 2.45) is 5.92 Å². The van der Waals surface area contributed by atoms with Crippen molar-refractivity contribution in [3.8, 4) is 0 Å². The Labute approximate surface area is 146 Å². The van der Waals surface area contributed by atoms with Crippen LogP contribution >= 0.6 is 0 Å². The summed E-state index contributed by atoms with van der Waals surface area (Å²) in [7, 11) is 0. The molecule has 1 aromatic rings. The first-order valence-corrected chi connectivity index (χ1v) is 8.17.